The van der Waals surface area contributed by atoms with E-state index in [-0.39, 0.29) is 23.6 Å². The van der Waals surface area contributed by atoms with Gasteiger partial charge in [0.05, 0.1) is 33.8 Å². The number of hydrogen-bond donors (Lipinski definition) is 2. The SMILES string of the molecule is O=C(COC(=O)[C@H]1CC(=O)N(NC(=O)c2ccc(Cl)cc2Cl)C1)Nc1ccccc1Cl. The van der Waals surface area contributed by atoms with Gasteiger partial charge in [-0.05, 0) is 30.3 Å². The van der Waals surface area contributed by atoms with Crippen molar-refractivity contribution < 1.29 is 23.9 Å². The molecule has 8 nitrogen and oxygen atoms in total. The van der Waals surface area contributed by atoms with Gasteiger partial charge in [0.2, 0.25) is 5.91 Å². The van der Waals surface area contributed by atoms with E-state index in [1.54, 1.807) is 24.3 Å². The van der Waals surface area contributed by atoms with Crippen molar-refractivity contribution in [2.75, 3.05) is 18.5 Å². The predicted octanol–water partition coefficient (Wildman–Crippen LogP) is 3.32. The number of benzene rings is 2. The van der Waals surface area contributed by atoms with E-state index in [0.717, 1.165) is 5.01 Å². The number of carbonyl (C=O) groups is 4. The Hall–Kier alpha value is -2.81. The molecule has 31 heavy (non-hydrogen) atoms. The van der Waals surface area contributed by atoms with Gasteiger partial charge in [-0.25, -0.2) is 0 Å². The monoisotopic (exact) mass is 483 g/mol. The van der Waals surface area contributed by atoms with Crippen molar-refractivity contribution in [1.29, 1.82) is 0 Å². The maximum atomic E-state index is 12.4. The maximum Gasteiger partial charge on any atom is 0.311 e. The third kappa shape index (κ3) is 5.88. The van der Waals surface area contributed by atoms with Crippen LogP contribution in [0.15, 0.2) is 42.5 Å². The second kappa shape index (κ2) is 10.00. The summed E-state index contributed by atoms with van der Waals surface area (Å²) in [5.41, 5.74) is 2.92. The number of esters is 1. The number of nitrogens with one attached hydrogen (secondary N) is 2. The predicted molar refractivity (Wildman–Crippen MR) is 115 cm³/mol. The summed E-state index contributed by atoms with van der Waals surface area (Å²) in [4.78, 5) is 48.7. The lowest BCUT2D eigenvalue weighted by Crippen LogP contribution is -2.43. The average molecular weight is 485 g/mol. The lowest BCUT2D eigenvalue weighted by atomic mass is 10.1. The van der Waals surface area contributed by atoms with Crippen molar-refractivity contribution in [2.24, 2.45) is 5.92 Å². The van der Waals surface area contributed by atoms with Gasteiger partial charge in [0, 0.05) is 11.4 Å². The lowest BCUT2D eigenvalue weighted by molar-refractivity contribution is -0.151. The van der Waals surface area contributed by atoms with Gasteiger partial charge >= 0.3 is 5.97 Å². The highest BCUT2D eigenvalue weighted by Gasteiger charge is 2.37. The van der Waals surface area contributed by atoms with E-state index in [4.69, 9.17) is 39.5 Å². The summed E-state index contributed by atoms with van der Waals surface area (Å²) in [6.45, 7) is -0.637. The van der Waals surface area contributed by atoms with Crippen molar-refractivity contribution in [1.82, 2.24) is 10.4 Å². The molecule has 162 valence electrons. The molecule has 0 saturated carbocycles. The van der Waals surface area contributed by atoms with E-state index in [1.165, 1.54) is 18.2 Å². The van der Waals surface area contributed by atoms with Crippen molar-refractivity contribution in [3.8, 4) is 0 Å². The lowest BCUT2D eigenvalue weighted by Gasteiger charge is -2.18. The number of amides is 3. The van der Waals surface area contributed by atoms with Crippen LogP contribution in [0.4, 0.5) is 5.69 Å². The van der Waals surface area contributed by atoms with Gasteiger partial charge in [-0.3, -0.25) is 29.6 Å². The highest BCUT2D eigenvalue weighted by molar-refractivity contribution is 6.36. The van der Waals surface area contributed by atoms with E-state index < -0.39 is 36.2 Å². The van der Waals surface area contributed by atoms with Crippen LogP contribution in [0.5, 0.6) is 0 Å². The zero-order valence-corrected chi connectivity index (χ0v) is 18.1. The molecule has 1 aliphatic rings. The third-order valence-electron chi connectivity index (χ3n) is 4.36. The van der Waals surface area contributed by atoms with Crippen molar-refractivity contribution >= 4 is 64.2 Å². The van der Waals surface area contributed by atoms with Crippen LogP contribution in [0, 0.1) is 5.92 Å². The second-order valence-electron chi connectivity index (χ2n) is 6.61. The Labute approximate surface area is 192 Å². The molecule has 3 amide bonds. The maximum absolute atomic E-state index is 12.4. The third-order valence-corrected chi connectivity index (χ3v) is 5.24. The molecular weight excluding hydrogens is 469 g/mol. The fraction of sp³-hybridized carbons (Fsp3) is 0.200. The van der Waals surface area contributed by atoms with Crippen LogP contribution in [0.25, 0.3) is 0 Å². The number of hydrogen-bond acceptors (Lipinski definition) is 5. The van der Waals surface area contributed by atoms with Crippen LogP contribution in [0.3, 0.4) is 0 Å². The van der Waals surface area contributed by atoms with Gasteiger partial charge in [-0.15, -0.1) is 0 Å². The molecule has 0 aliphatic carbocycles. The quantitative estimate of drug-likeness (QED) is 0.612. The highest BCUT2D eigenvalue weighted by Crippen LogP contribution is 2.23. The topological polar surface area (TPSA) is 105 Å². The minimum absolute atomic E-state index is 0.0965. The molecule has 3 rings (SSSR count). The van der Waals surface area contributed by atoms with Crippen LogP contribution in [0.1, 0.15) is 16.8 Å². The first kappa shape index (κ1) is 22.9. The van der Waals surface area contributed by atoms with Crippen molar-refractivity contribution in [3.05, 3.63) is 63.1 Å². The van der Waals surface area contributed by atoms with Crippen LogP contribution < -0.4 is 10.7 Å². The summed E-state index contributed by atoms with van der Waals surface area (Å²) in [6, 6.07) is 10.9. The molecule has 0 unspecified atom stereocenters. The van der Waals surface area contributed by atoms with E-state index in [9.17, 15) is 19.2 Å². The zero-order valence-electron chi connectivity index (χ0n) is 15.9. The first-order valence-corrected chi connectivity index (χ1v) is 10.2. The summed E-state index contributed by atoms with van der Waals surface area (Å²) in [5, 5.41) is 4.37. The van der Waals surface area contributed by atoms with Crippen LogP contribution >= 0.6 is 34.8 Å². The fourth-order valence-corrected chi connectivity index (χ4v) is 3.51. The standard InChI is InChI=1S/C20H16Cl3N3O5/c21-12-5-6-13(15(23)8-12)19(29)25-26-9-11(7-18(26)28)20(30)31-10-17(27)24-16-4-2-1-3-14(16)22/h1-6,8,11H,7,9-10H2,(H,24,27)(H,25,29)/t11-/m0/s1. The molecule has 1 saturated heterocycles. The molecule has 0 radical (unpaired) electrons. The number of nitrogens with zero attached hydrogens (tertiary/aromatic N) is 1. The van der Waals surface area contributed by atoms with Gasteiger partial charge in [0.15, 0.2) is 6.61 Å². The Bertz CT molecular complexity index is 1050. The minimum atomic E-state index is -0.832. The number of anilines is 1. The van der Waals surface area contributed by atoms with E-state index in [0.29, 0.717) is 15.7 Å². The number of para-hydroxylation sites is 1. The summed E-state index contributed by atoms with van der Waals surface area (Å²) in [5.74, 6) is -3.23. The Morgan fingerprint density at radius 2 is 1.81 bits per heavy atom. The molecule has 1 fully saturated rings. The Kier molecular flexibility index (Phi) is 7.37. The molecule has 0 bridgehead atoms. The van der Waals surface area contributed by atoms with Crippen molar-refractivity contribution in [3.63, 3.8) is 0 Å². The molecule has 1 heterocycles. The molecule has 11 heteroatoms. The highest BCUT2D eigenvalue weighted by atomic mass is 35.5. The molecule has 0 aromatic heterocycles. The van der Waals surface area contributed by atoms with E-state index >= 15 is 0 Å². The smallest absolute Gasteiger partial charge is 0.311 e. The number of ether oxygens (including phenoxy) is 1. The normalized spacial score (nSPS) is 15.5. The Morgan fingerprint density at radius 3 is 2.52 bits per heavy atom. The number of rotatable bonds is 6. The molecule has 1 aliphatic heterocycles. The van der Waals surface area contributed by atoms with Crippen molar-refractivity contribution in [2.45, 2.75) is 6.42 Å². The largest absolute Gasteiger partial charge is 0.455 e. The minimum Gasteiger partial charge on any atom is -0.455 e. The number of halogens is 3. The first-order valence-electron chi connectivity index (χ1n) is 9.02. The summed E-state index contributed by atoms with van der Waals surface area (Å²) in [6.07, 6.45) is -0.167. The first-order chi connectivity index (χ1) is 14.7. The summed E-state index contributed by atoms with van der Waals surface area (Å²) < 4.78 is 5.00. The molecule has 1 atom stereocenters. The molecule has 2 aromatic rings. The zero-order chi connectivity index (χ0) is 22.5. The van der Waals surface area contributed by atoms with Gasteiger partial charge in [0.25, 0.3) is 11.8 Å². The molecule has 2 N–H and O–H groups in total. The van der Waals surface area contributed by atoms with Crippen LogP contribution in [-0.4, -0.2) is 41.9 Å². The second-order valence-corrected chi connectivity index (χ2v) is 7.86. The van der Waals surface area contributed by atoms with Gasteiger partial charge < -0.3 is 10.1 Å². The van der Waals surface area contributed by atoms with Gasteiger partial charge in [-0.2, -0.15) is 0 Å². The Balaban J connectivity index is 1.51. The van der Waals surface area contributed by atoms with Crippen LogP contribution in [-0.2, 0) is 19.1 Å². The molecule has 2 aromatic carbocycles. The van der Waals surface area contributed by atoms with Crippen LogP contribution in [0.2, 0.25) is 15.1 Å². The van der Waals surface area contributed by atoms with E-state index in [2.05, 4.69) is 10.7 Å². The summed E-state index contributed by atoms with van der Waals surface area (Å²) in [7, 11) is 0. The molecular formula is C20H16Cl3N3O5. The number of carbonyl (C=O) groups excluding carboxylic acids is 4. The summed E-state index contributed by atoms with van der Waals surface area (Å²) >= 11 is 17.8. The fourth-order valence-electron chi connectivity index (χ4n) is 2.83. The Morgan fingerprint density at radius 1 is 1.06 bits per heavy atom. The van der Waals surface area contributed by atoms with E-state index in [1.807, 2.05) is 0 Å². The van der Waals surface area contributed by atoms with Gasteiger partial charge in [0.1, 0.15) is 0 Å². The molecule has 0 spiro atoms. The number of hydrazine groups is 1. The van der Waals surface area contributed by atoms with Gasteiger partial charge in [-0.1, -0.05) is 46.9 Å². The average Bonchev–Trinajstić information content (AvgIpc) is 3.08.